The third kappa shape index (κ3) is 11.8. The molecule has 0 spiro atoms. The number of fused-ring (bicyclic) bond motifs is 1. The highest BCUT2D eigenvalue weighted by atomic mass is 16.5. The van der Waals surface area contributed by atoms with Gasteiger partial charge in [-0.2, -0.15) is 0 Å². The molecule has 15 heteroatoms. The van der Waals surface area contributed by atoms with E-state index in [0.717, 1.165) is 5.56 Å². The van der Waals surface area contributed by atoms with Crippen LogP contribution in [0.3, 0.4) is 0 Å². The van der Waals surface area contributed by atoms with Gasteiger partial charge in [-0.15, -0.1) is 0 Å². The minimum atomic E-state index is -1.01. The summed E-state index contributed by atoms with van der Waals surface area (Å²) in [5.41, 5.74) is 2.30. The zero-order chi connectivity index (χ0) is 48.4. The van der Waals surface area contributed by atoms with Crippen molar-refractivity contribution in [1.82, 2.24) is 5.32 Å². The molecular formula is C52H44N4O11. The lowest BCUT2D eigenvalue weighted by Gasteiger charge is -2.15. The summed E-state index contributed by atoms with van der Waals surface area (Å²) >= 11 is 0. The molecule has 0 saturated heterocycles. The molecule has 0 aromatic heterocycles. The molecule has 4 N–H and O–H groups in total. The largest absolute Gasteiger partial charge is 0.457 e. The number of Topliss-reactive ketones (excluding diaryl/α,β-unsaturated/α-hetero) is 2. The number of benzene rings is 6. The van der Waals surface area contributed by atoms with E-state index < -0.39 is 54.4 Å². The highest BCUT2D eigenvalue weighted by molar-refractivity contribution is 6.15. The van der Waals surface area contributed by atoms with Gasteiger partial charge in [0.2, 0.25) is 0 Å². The molecule has 4 amide bonds. The van der Waals surface area contributed by atoms with Crippen molar-refractivity contribution in [3.8, 4) is 11.5 Å². The fourth-order valence-corrected chi connectivity index (χ4v) is 6.48. The lowest BCUT2D eigenvalue weighted by molar-refractivity contribution is -0.119. The minimum Gasteiger partial charge on any atom is -0.457 e. The van der Waals surface area contributed by atoms with Crippen LogP contribution in [0.5, 0.6) is 11.5 Å². The Morgan fingerprint density at radius 2 is 0.955 bits per heavy atom. The van der Waals surface area contributed by atoms with E-state index >= 15 is 0 Å². The molecule has 0 bridgehead atoms. The maximum atomic E-state index is 14.1. The fraction of sp³-hybridized carbons (Fsp3) is 0.115. The average molecular weight is 901 g/mol. The molecule has 0 saturated carbocycles. The molecule has 0 aliphatic carbocycles. The average Bonchev–Trinajstić information content (AvgIpc) is 3.32. The third-order valence-electron chi connectivity index (χ3n) is 10.1. The predicted molar refractivity (Wildman–Crippen MR) is 252 cm³/mol. The van der Waals surface area contributed by atoms with E-state index in [1.54, 1.807) is 54.6 Å². The number of ether oxygens (including phenoxy) is 3. The number of anilines is 3. The number of hydrogen-bond donors (Lipinski definition) is 4. The van der Waals surface area contributed by atoms with Crippen LogP contribution in [0.25, 0.3) is 10.8 Å². The summed E-state index contributed by atoms with van der Waals surface area (Å²) in [7, 11) is 1.35. The summed E-state index contributed by atoms with van der Waals surface area (Å²) in [5.74, 6) is -5.26. The lowest BCUT2D eigenvalue weighted by atomic mass is 10.0. The van der Waals surface area contributed by atoms with Crippen LogP contribution in [0.4, 0.5) is 17.1 Å². The smallest absolute Gasteiger partial charge is 0.339 e. The molecule has 0 atom stereocenters. The number of carbonyl (C=O) groups is 8. The van der Waals surface area contributed by atoms with Gasteiger partial charge in [-0.25, -0.2) is 9.59 Å². The number of carbonyl (C=O) groups excluding carboxylic acids is 8. The Bertz CT molecular complexity index is 3040. The standard InChI is InChI=1S/C52H44N4O11/c1-29(2)45(57)27-65-51(63)39-21-19-35(25-41(39)49(61)53-6)67-36-20-22-40(52(64)66-28-46(58)30(3)4)42(26-36)50(62)54-34-14-8-13-33(24-34)48(60)56-44-18-10-15-37-38(44)16-9-17-43(37)55-47(59)32-12-7-11-31(5)23-32/h7-26H,1,3,27-28H2,2,4-6H3,(H,53,61)(H,54,62)(H,55,59)(H,56,60). The second kappa shape index (κ2) is 21.1. The van der Waals surface area contributed by atoms with Gasteiger partial charge in [0.25, 0.3) is 23.6 Å². The molecule has 15 nitrogen and oxygen atoms in total. The first kappa shape index (κ1) is 47.5. The van der Waals surface area contributed by atoms with Crippen molar-refractivity contribution < 1.29 is 52.6 Å². The third-order valence-corrected chi connectivity index (χ3v) is 10.1. The maximum absolute atomic E-state index is 14.1. The Kier molecular flexibility index (Phi) is 15.0. The molecule has 0 unspecified atom stereocenters. The van der Waals surface area contributed by atoms with Crippen molar-refractivity contribution >= 4 is 75.0 Å². The monoisotopic (exact) mass is 900 g/mol. The molecule has 0 heterocycles. The molecule has 0 fully saturated rings. The number of rotatable bonds is 17. The van der Waals surface area contributed by atoms with Gasteiger partial charge >= 0.3 is 11.9 Å². The normalized spacial score (nSPS) is 10.5. The Hall–Kier alpha value is -8.98. The van der Waals surface area contributed by atoms with Crippen LogP contribution in [-0.4, -0.2) is 67.4 Å². The summed E-state index contributed by atoms with van der Waals surface area (Å²) in [4.78, 5) is 104. The van der Waals surface area contributed by atoms with Gasteiger partial charge in [0.05, 0.1) is 22.3 Å². The summed E-state index contributed by atoms with van der Waals surface area (Å²) in [6.07, 6.45) is 0. The van der Waals surface area contributed by atoms with Gasteiger partial charge in [0.15, 0.2) is 24.8 Å². The van der Waals surface area contributed by atoms with E-state index in [9.17, 15) is 38.4 Å². The van der Waals surface area contributed by atoms with Crippen molar-refractivity contribution in [2.24, 2.45) is 0 Å². The molecule has 0 radical (unpaired) electrons. The Morgan fingerprint density at radius 3 is 1.43 bits per heavy atom. The zero-order valence-corrected chi connectivity index (χ0v) is 36.9. The first-order valence-electron chi connectivity index (χ1n) is 20.5. The second-order valence-corrected chi connectivity index (χ2v) is 15.2. The van der Waals surface area contributed by atoms with E-state index in [1.165, 1.54) is 69.4 Å². The minimum absolute atomic E-state index is 0.00560. The molecule has 0 aliphatic heterocycles. The van der Waals surface area contributed by atoms with Gasteiger partial charge < -0.3 is 35.5 Å². The second-order valence-electron chi connectivity index (χ2n) is 15.2. The fourth-order valence-electron chi connectivity index (χ4n) is 6.48. The van der Waals surface area contributed by atoms with Crippen molar-refractivity contribution in [2.75, 3.05) is 36.2 Å². The van der Waals surface area contributed by atoms with E-state index in [4.69, 9.17) is 14.2 Å². The van der Waals surface area contributed by atoms with Crippen LogP contribution in [0.1, 0.15) is 81.6 Å². The van der Waals surface area contributed by atoms with Gasteiger partial charge in [0, 0.05) is 46.0 Å². The Labute approximate surface area is 384 Å². The molecule has 6 aromatic carbocycles. The van der Waals surface area contributed by atoms with Crippen LogP contribution < -0.4 is 26.0 Å². The molecule has 67 heavy (non-hydrogen) atoms. The van der Waals surface area contributed by atoms with Gasteiger partial charge in [-0.05, 0) is 111 Å². The van der Waals surface area contributed by atoms with E-state index in [1.807, 2.05) is 25.1 Å². The highest BCUT2D eigenvalue weighted by Gasteiger charge is 2.24. The first-order valence-corrected chi connectivity index (χ1v) is 20.5. The van der Waals surface area contributed by atoms with Crippen LogP contribution in [0.15, 0.2) is 146 Å². The first-order chi connectivity index (χ1) is 32.0. The number of aryl methyl sites for hydroxylation is 1. The molecular weight excluding hydrogens is 857 g/mol. The quantitative estimate of drug-likeness (QED) is 0.0502. The van der Waals surface area contributed by atoms with E-state index in [2.05, 4.69) is 34.4 Å². The van der Waals surface area contributed by atoms with E-state index in [-0.39, 0.29) is 62.1 Å². The van der Waals surface area contributed by atoms with Crippen molar-refractivity contribution in [1.29, 1.82) is 0 Å². The summed E-state index contributed by atoms with van der Waals surface area (Å²) in [6, 6.07) is 31.6. The number of nitrogens with one attached hydrogen (secondary N) is 4. The topological polar surface area (TPSA) is 212 Å². The zero-order valence-electron chi connectivity index (χ0n) is 36.9. The SMILES string of the molecule is C=C(C)C(=O)COC(=O)c1ccc(Oc2ccc(C(=O)OCC(=O)C(=C)C)c(C(=O)Nc3cccc(C(=O)Nc4cccc5c(NC(=O)c6cccc(C)c6)cccc45)c3)c2)cc1C(=O)NC. The van der Waals surface area contributed by atoms with Crippen LogP contribution in [0, 0.1) is 6.92 Å². The number of hydrogen-bond acceptors (Lipinski definition) is 11. The summed E-state index contributed by atoms with van der Waals surface area (Å²) in [5, 5.41) is 12.3. The van der Waals surface area contributed by atoms with Crippen molar-refractivity contribution in [3.05, 3.63) is 185 Å². The highest BCUT2D eigenvalue weighted by Crippen LogP contribution is 2.31. The van der Waals surface area contributed by atoms with Crippen LogP contribution in [0.2, 0.25) is 0 Å². The number of esters is 2. The van der Waals surface area contributed by atoms with Gasteiger partial charge in [-0.3, -0.25) is 28.8 Å². The van der Waals surface area contributed by atoms with Gasteiger partial charge in [0.1, 0.15) is 11.5 Å². The number of ketones is 2. The van der Waals surface area contributed by atoms with Crippen LogP contribution >= 0.6 is 0 Å². The lowest BCUT2D eigenvalue weighted by Crippen LogP contribution is -2.23. The number of amides is 4. The molecule has 0 aliphatic rings. The summed E-state index contributed by atoms with van der Waals surface area (Å²) in [6.45, 7) is 10.7. The maximum Gasteiger partial charge on any atom is 0.339 e. The van der Waals surface area contributed by atoms with Crippen molar-refractivity contribution in [2.45, 2.75) is 20.8 Å². The van der Waals surface area contributed by atoms with Crippen molar-refractivity contribution in [3.63, 3.8) is 0 Å². The molecule has 338 valence electrons. The predicted octanol–water partition coefficient (Wildman–Crippen LogP) is 8.66. The van der Waals surface area contributed by atoms with E-state index in [0.29, 0.717) is 27.7 Å². The van der Waals surface area contributed by atoms with Crippen LogP contribution in [-0.2, 0) is 19.1 Å². The summed E-state index contributed by atoms with van der Waals surface area (Å²) < 4.78 is 16.3. The Balaban J connectivity index is 1.24. The molecule has 6 aromatic rings. The Morgan fingerprint density at radius 1 is 0.493 bits per heavy atom. The molecule has 6 rings (SSSR count). The van der Waals surface area contributed by atoms with Gasteiger partial charge in [-0.1, -0.05) is 61.2 Å².